The van der Waals surface area contributed by atoms with Gasteiger partial charge in [0.15, 0.2) is 23.1 Å². The molecule has 0 aliphatic heterocycles. The van der Waals surface area contributed by atoms with Crippen LogP contribution in [0.4, 0.5) is 33.2 Å². The maximum atomic E-state index is 14.5. The molecule has 0 fully saturated rings. The molecule has 0 radical (unpaired) electrons. The van der Waals surface area contributed by atoms with Crippen molar-refractivity contribution in [2.45, 2.75) is 19.9 Å². The second-order valence-electron chi connectivity index (χ2n) is 7.48. The number of rotatable bonds is 11. The van der Waals surface area contributed by atoms with Crippen LogP contribution in [0.25, 0.3) is 0 Å². The highest BCUT2D eigenvalue weighted by atomic mass is 32.2. The Morgan fingerprint density at radius 2 is 1.57 bits per heavy atom. The summed E-state index contributed by atoms with van der Waals surface area (Å²) >= 11 is 0. The summed E-state index contributed by atoms with van der Waals surface area (Å²) in [5.41, 5.74) is 1.00. The highest BCUT2D eigenvalue weighted by molar-refractivity contribution is 7.90. The molecule has 35 heavy (non-hydrogen) atoms. The Labute approximate surface area is 203 Å². The van der Waals surface area contributed by atoms with Gasteiger partial charge in [0, 0.05) is 23.9 Å². The molecule has 4 N–H and O–H groups in total. The maximum Gasteiger partial charge on any atom is 0.299 e. The summed E-state index contributed by atoms with van der Waals surface area (Å²) in [5, 5.41) is 5.78. The van der Waals surface area contributed by atoms with E-state index in [1.807, 2.05) is 0 Å². The smallest absolute Gasteiger partial charge is 0.299 e. The van der Waals surface area contributed by atoms with Crippen molar-refractivity contribution >= 4 is 39.0 Å². The average Bonchev–Trinajstić information content (AvgIpc) is 2.80. The van der Waals surface area contributed by atoms with E-state index in [0.29, 0.717) is 22.9 Å². The van der Waals surface area contributed by atoms with Crippen LogP contribution < -0.4 is 34.3 Å². The number of para-hydroxylation sites is 2. The number of hydrogen-bond donors (Lipinski definition) is 4. The zero-order valence-electron chi connectivity index (χ0n) is 19.8. The van der Waals surface area contributed by atoms with Gasteiger partial charge in [-0.25, -0.2) is 9.37 Å². The molecule has 0 bridgehead atoms. The molecule has 2 aromatic carbocycles. The largest absolute Gasteiger partial charge is 0.493 e. The number of aromatic nitrogens is 2. The van der Waals surface area contributed by atoms with Crippen molar-refractivity contribution in [3.8, 4) is 17.2 Å². The molecular formula is C22H27FN6O5S. The number of hydrogen-bond acceptors (Lipinski definition) is 9. The summed E-state index contributed by atoms with van der Waals surface area (Å²) in [6.07, 6.45) is 0.989. The Morgan fingerprint density at radius 3 is 2.14 bits per heavy atom. The molecule has 0 amide bonds. The molecule has 0 saturated carbocycles. The SMILES string of the molecule is COc1cc(Nc2ncc(F)c(Nc3ccccc3NS(=O)(=O)NC(C)C)n2)cc(OC)c1OC. The highest BCUT2D eigenvalue weighted by Crippen LogP contribution is 2.40. The van der Waals surface area contributed by atoms with Crippen molar-refractivity contribution in [1.82, 2.24) is 14.7 Å². The van der Waals surface area contributed by atoms with Gasteiger partial charge in [0.05, 0.1) is 38.9 Å². The lowest BCUT2D eigenvalue weighted by Gasteiger charge is -2.16. The van der Waals surface area contributed by atoms with E-state index in [1.54, 1.807) is 44.2 Å². The lowest BCUT2D eigenvalue weighted by Crippen LogP contribution is -2.35. The second-order valence-corrected chi connectivity index (χ2v) is 8.92. The third kappa shape index (κ3) is 6.61. The molecule has 3 rings (SSSR count). The minimum atomic E-state index is -3.84. The second kappa shape index (κ2) is 11.1. The fourth-order valence-electron chi connectivity index (χ4n) is 3.09. The fraction of sp³-hybridized carbons (Fsp3) is 0.273. The summed E-state index contributed by atoms with van der Waals surface area (Å²) in [6.45, 7) is 3.39. The van der Waals surface area contributed by atoms with Crippen molar-refractivity contribution < 1.29 is 27.0 Å². The van der Waals surface area contributed by atoms with Crippen LogP contribution in [0.1, 0.15) is 13.8 Å². The summed E-state index contributed by atoms with van der Waals surface area (Å²) in [7, 11) is 0.624. The molecule has 11 nitrogen and oxygen atoms in total. The Kier molecular flexibility index (Phi) is 8.14. The van der Waals surface area contributed by atoms with E-state index >= 15 is 0 Å². The number of anilines is 5. The molecule has 0 atom stereocenters. The van der Waals surface area contributed by atoms with Gasteiger partial charge < -0.3 is 24.8 Å². The summed E-state index contributed by atoms with van der Waals surface area (Å²) in [6, 6.07) is 9.42. The molecule has 13 heteroatoms. The van der Waals surface area contributed by atoms with E-state index in [1.165, 1.54) is 27.4 Å². The predicted molar refractivity (Wildman–Crippen MR) is 132 cm³/mol. The first-order chi connectivity index (χ1) is 16.7. The van der Waals surface area contributed by atoms with E-state index < -0.39 is 16.0 Å². The summed E-state index contributed by atoms with van der Waals surface area (Å²) in [4.78, 5) is 8.16. The van der Waals surface area contributed by atoms with Gasteiger partial charge in [-0.15, -0.1) is 0 Å². The normalized spacial score (nSPS) is 11.2. The zero-order chi connectivity index (χ0) is 25.6. The fourth-order valence-corrected chi connectivity index (χ4v) is 4.24. The number of methoxy groups -OCH3 is 3. The van der Waals surface area contributed by atoms with Gasteiger partial charge in [-0.3, -0.25) is 4.72 Å². The van der Waals surface area contributed by atoms with Gasteiger partial charge in [-0.05, 0) is 26.0 Å². The molecule has 3 aromatic rings. The van der Waals surface area contributed by atoms with Crippen LogP contribution in [-0.4, -0.2) is 45.8 Å². The zero-order valence-corrected chi connectivity index (χ0v) is 20.7. The topological polar surface area (TPSA) is 136 Å². The van der Waals surface area contributed by atoms with Crippen LogP contribution in [-0.2, 0) is 10.2 Å². The minimum Gasteiger partial charge on any atom is -0.493 e. The van der Waals surface area contributed by atoms with Crippen molar-refractivity contribution in [2.24, 2.45) is 0 Å². The van der Waals surface area contributed by atoms with E-state index in [9.17, 15) is 12.8 Å². The minimum absolute atomic E-state index is 0.0720. The predicted octanol–water partition coefficient (Wildman–Crippen LogP) is 3.78. The van der Waals surface area contributed by atoms with Crippen molar-refractivity contribution in [3.05, 3.63) is 48.4 Å². The number of halogens is 1. The van der Waals surface area contributed by atoms with Gasteiger partial charge in [0.25, 0.3) is 10.2 Å². The Hall–Kier alpha value is -3.84. The standard InChI is InChI=1S/C22H27FN6O5S/c1-13(2)28-35(30,31)29-17-9-7-6-8-16(17)26-21-15(23)12-24-22(27-21)25-14-10-18(32-3)20(34-5)19(11-14)33-4/h6-13,28-29H,1-5H3,(H2,24,25,26,27). The monoisotopic (exact) mass is 506 g/mol. The molecule has 1 heterocycles. The molecule has 0 aliphatic rings. The molecular weight excluding hydrogens is 479 g/mol. The highest BCUT2D eigenvalue weighted by Gasteiger charge is 2.17. The van der Waals surface area contributed by atoms with Crippen LogP contribution in [0.3, 0.4) is 0 Å². The average molecular weight is 507 g/mol. The number of benzene rings is 2. The van der Waals surface area contributed by atoms with Crippen LogP contribution in [0.5, 0.6) is 17.2 Å². The first-order valence-electron chi connectivity index (χ1n) is 10.4. The maximum absolute atomic E-state index is 14.5. The van der Waals surface area contributed by atoms with E-state index in [4.69, 9.17) is 14.2 Å². The summed E-state index contributed by atoms with van der Waals surface area (Å²) in [5.74, 6) is 0.394. The molecule has 1 aromatic heterocycles. The van der Waals surface area contributed by atoms with Gasteiger partial charge >= 0.3 is 0 Å². The van der Waals surface area contributed by atoms with Gasteiger partial charge in [0.2, 0.25) is 11.7 Å². The van der Waals surface area contributed by atoms with Gasteiger partial charge in [-0.2, -0.15) is 18.1 Å². The number of ether oxygens (including phenoxy) is 3. The number of nitrogens with one attached hydrogen (secondary N) is 4. The Balaban J connectivity index is 1.88. The van der Waals surface area contributed by atoms with E-state index in [-0.39, 0.29) is 29.2 Å². The Morgan fingerprint density at radius 1 is 0.943 bits per heavy atom. The van der Waals surface area contributed by atoms with Gasteiger partial charge in [0.1, 0.15) is 0 Å². The van der Waals surface area contributed by atoms with Crippen LogP contribution in [0.2, 0.25) is 0 Å². The van der Waals surface area contributed by atoms with E-state index in [2.05, 4.69) is 30.0 Å². The summed E-state index contributed by atoms with van der Waals surface area (Å²) < 4.78 is 60.0. The van der Waals surface area contributed by atoms with E-state index in [0.717, 1.165) is 6.20 Å². The van der Waals surface area contributed by atoms with Crippen molar-refractivity contribution in [2.75, 3.05) is 36.7 Å². The van der Waals surface area contributed by atoms with Gasteiger partial charge in [-0.1, -0.05) is 12.1 Å². The lowest BCUT2D eigenvalue weighted by atomic mass is 10.2. The first kappa shape index (κ1) is 25.8. The van der Waals surface area contributed by atoms with Crippen LogP contribution in [0, 0.1) is 5.82 Å². The molecule has 0 saturated heterocycles. The molecule has 0 aliphatic carbocycles. The molecule has 0 spiro atoms. The Bertz CT molecular complexity index is 1260. The third-order valence-electron chi connectivity index (χ3n) is 4.48. The third-order valence-corrected chi connectivity index (χ3v) is 5.75. The molecule has 0 unspecified atom stereocenters. The van der Waals surface area contributed by atoms with Crippen LogP contribution in [0.15, 0.2) is 42.6 Å². The quantitative estimate of drug-likeness (QED) is 0.306. The number of nitrogens with zero attached hydrogens (tertiary/aromatic N) is 2. The van der Waals surface area contributed by atoms with Crippen LogP contribution >= 0.6 is 0 Å². The lowest BCUT2D eigenvalue weighted by molar-refractivity contribution is 0.324. The first-order valence-corrected chi connectivity index (χ1v) is 11.9. The van der Waals surface area contributed by atoms with Crippen molar-refractivity contribution in [3.63, 3.8) is 0 Å². The van der Waals surface area contributed by atoms with Crippen molar-refractivity contribution in [1.29, 1.82) is 0 Å². The molecule has 188 valence electrons.